The van der Waals surface area contributed by atoms with Gasteiger partial charge in [0.25, 0.3) is 5.69 Å². The summed E-state index contributed by atoms with van der Waals surface area (Å²) >= 11 is 0. The molecule has 0 spiro atoms. The monoisotopic (exact) mass is 277 g/mol. The van der Waals surface area contributed by atoms with Gasteiger partial charge >= 0.3 is 0 Å². The van der Waals surface area contributed by atoms with Gasteiger partial charge in [0.05, 0.1) is 4.92 Å². The van der Waals surface area contributed by atoms with E-state index in [-0.39, 0.29) is 10.6 Å². The number of nitrogens with zero attached hydrogens (tertiary/aromatic N) is 2. The second kappa shape index (κ2) is 6.22. The first-order valence-electron chi connectivity index (χ1n) is 7.24. The second-order valence-electron chi connectivity index (χ2n) is 6.02. The Morgan fingerprint density at radius 2 is 2.15 bits per heavy atom. The molecule has 0 bridgehead atoms. The normalized spacial score (nSPS) is 15.0. The second-order valence-corrected chi connectivity index (χ2v) is 6.02. The third kappa shape index (κ3) is 3.93. The predicted molar refractivity (Wildman–Crippen MR) is 80.4 cm³/mol. The van der Waals surface area contributed by atoms with Crippen LogP contribution in [-0.4, -0.2) is 22.4 Å². The van der Waals surface area contributed by atoms with Crippen LogP contribution in [0.25, 0.3) is 0 Å². The molecule has 1 aliphatic rings. The van der Waals surface area contributed by atoms with Gasteiger partial charge in [0.1, 0.15) is 0 Å². The average Bonchev–Trinajstić information content (AvgIpc) is 3.20. The first-order valence-corrected chi connectivity index (χ1v) is 7.24. The number of nitro benzene ring substituents is 1. The largest absolute Gasteiger partial charge is 0.398 e. The van der Waals surface area contributed by atoms with E-state index in [0.29, 0.717) is 24.2 Å². The maximum Gasteiger partial charge on any atom is 0.269 e. The number of nitrogens with two attached hydrogens (primary N) is 1. The van der Waals surface area contributed by atoms with Gasteiger partial charge in [-0.05, 0) is 43.4 Å². The molecule has 5 nitrogen and oxygen atoms in total. The maximum absolute atomic E-state index is 10.9. The van der Waals surface area contributed by atoms with Crippen molar-refractivity contribution in [3.63, 3.8) is 0 Å². The summed E-state index contributed by atoms with van der Waals surface area (Å²) in [5, 5.41) is 10.9. The highest BCUT2D eigenvalue weighted by Crippen LogP contribution is 2.30. The minimum Gasteiger partial charge on any atom is -0.398 e. The van der Waals surface area contributed by atoms with E-state index in [2.05, 4.69) is 18.7 Å². The minimum atomic E-state index is -0.363. The predicted octanol–water partition coefficient (Wildman–Crippen LogP) is 3.19. The first-order chi connectivity index (χ1) is 9.47. The zero-order chi connectivity index (χ0) is 14.7. The standard InChI is InChI=1S/C15H23N3O2/c1-11(2)7-8-17(13-3-4-13)10-12-9-14(18(19)20)5-6-15(12)16/h5-6,9,11,13H,3-4,7-8,10,16H2,1-2H3. The van der Waals surface area contributed by atoms with Crippen LogP contribution in [0.5, 0.6) is 0 Å². The van der Waals surface area contributed by atoms with E-state index in [0.717, 1.165) is 18.5 Å². The van der Waals surface area contributed by atoms with Crippen LogP contribution in [0.15, 0.2) is 18.2 Å². The van der Waals surface area contributed by atoms with Gasteiger partial charge in [-0.25, -0.2) is 0 Å². The smallest absolute Gasteiger partial charge is 0.269 e. The molecule has 0 unspecified atom stereocenters. The lowest BCUT2D eigenvalue weighted by Crippen LogP contribution is -2.28. The number of rotatable bonds is 7. The van der Waals surface area contributed by atoms with Gasteiger partial charge in [-0.2, -0.15) is 0 Å². The molecule has 1 aromatic carbocycles. The van der Waals surface area contributed by atoms with Gasteiger partial charge in [0.15, 0.2) is 0 Å². The summed E-state index contributed by atoms with van der Waals surface area (Å²) in [6.45, 7) is 6.18. The number of non-ortho nitro benzene ring substituents is 1. The molecular formula is C15H23N3O2. The molecule has 5 heteroatoms. The fraction of sp³-hybridized carbons (Fsp3) is 0.600. The van der Waals surface area contributed by atoms with Crippen LogP contribution in [0.4, 0.5) is 11.4 Å². The molecule has 1 fully saturated rings. The van der Waals surface area contributed by atoms with Crippen molar-refractivity contribution < 1.29 is 4.92 Å². The molecule has 0 amide bonds. The highest BCUT2D eigenvalue weighted by molar-refractivity contribution is 5.52. The first kappa shape index (κ1) is 14.8. The van der Waals surface area contributed by atoms with E-state index in [1.165, 1.54) is 18.9 Å². The molecule has 2 rings (SSSR count). The number of hydrogen-bond acceptors (Lipinski definition) is 4. The lowest BCUT2D eigenvalue weighted by atomic mass is 10.1. The van der Waals surface area contributed by atoms with Gasteiger partial charge in [0, 0.05) is 30.4 Å². The summed E-state index contributed by atoms with van der Waals surface area (Å²) in [6, 6.07) is 5.35. The van der Waals surface area contributed by atoms with E-state index < -0.39 is 0 Å². The number of benzene rings is 1. The minimum absolute atomic E-state index is 0.119. The molecule has 0 heterocycles. The van der Waals surface area contributed by atoms with Crippen molar-refractivity contribution >= 4 is 11.4 Å². The van der Waals surface area contributed by atoms with Crippen molar-refractivity contribution in [2.24, 2.45) is 5.92 Å². The van der Waals surface area contributed by atoms with Crippen molar-refractivity contribution in [3.8, 4) is 0 Å². The number of nitrogen functional groups attached to an aromatic ring is 1. The Bertz CT molecular complexity index is 484. The van der Waals surface area contributed by atoms with E-state index >= 15 is 0 Å². The van der Waals surface area contributed by atoms with Crippen LogP contribution < -0.4 is 5.73 Å². The molecular weight excluding hydrogens is 254 g/mol. The van der Waals surface area contributed by atoms with Crippen LogP contribution >= 0.6 is 0 Å². The van der Waals surface area contributed by atoms with Crippen molar-refractivity contribution in [3.05, 3.63) is 33.9 Å². The molecule has 0 radical (unpaired) electrons. The number of nitro groups is 1. The van der Waals surface area contributed by atoms with Crippen LogP contribution in [-0.2, 0) is 6.54 Å². The molecule has 0 saturated heterocycles. The Hall–Kier alpha value is -1.62. The van der Waals surface area contributed by atoms with Crippen molar-refractivity contribution in [2.45, 2.75) is 45.7 Å². The molecule has 0 aliphatic heterocycles. The fourth-order valence-electron chi connectivity index (χ4n) is 2.32. The summed E-state index contributed by atoms with van der Waals surface area (Å²) in [7, 11) is 0. The number of hydrogen-bond donors (Lipinski definition) is 1. The zero-order valence-corrected chi connectivity index (χ0v) is 12.2. The summed E-state index contributed by atoms with van der Waals surface area (Å²) in [6.07, 6.45) is 3.60. The van der Waals surface area contributed by atoms with Crippen LogP contribution in [0.3, 0.4) is 0 Å². The number of anilines is 1. The Kier molecular flexibility index (Phi) is 4.60. The van der Waals surface area contributed by atoms with Gasteiger partial charge in [0.2, 0.25) is 0 Å². The Morgan fingerprint density at radius 3 is 2.70 bits per heavy atom. The summed E-state index contributed by atoms with van der Waals surface area (Å²) in [4.78, 5) is 12.9. The molecule has 20 heavy (non-hydrogen) atoms. The van der Waals surface area contributed by atoms with Crippen LogP contribution in [0.2, 0.25) is 0 Å². The van der Waals surface area contributed by atoms with E-state index in [1.807, 2.05) is 0 Å². The molecule has 1 aromatic rings. The van der Waals surface area contributed by atoms with Crippen molar-refractivity contribution in [2.75, 3.05) is 12.3 Å². The summed E-state index contributed by atoms with van der Waals surface area (Å²) in [5.74, 6) is 0.665. The van der Waals surface area contributed by atoms with Crippen LogP contribution in [0.1, 0.15) is 38.7 Å². The zero-order valence-electron chi connectivity index (χ0n) is 12.2. The van der Waals surface area contributed by atoms with E-state index in [1.54, 1.807) is 12.1 Å². The highest BCUT2D eigenvalue weighted by atomic mass is 16.6. The third-order valence-electron chi connectivity index (χ3n) is 3.77. The molecule has 1 saturated carbocycles. The van der Waals surface area contributed by atoms with Gasteiger partial charge in [-0.15, -0.1) is 0 Å². The Morgan fingerprint density at radius 1 is 1.45 bits per heavy atom. The lowest BCUT2D eigenvalue weighted by molar-refractivity contribution is -0.384. The maximum atomic E-state index is 10.9. The highest BCUT2D eigenvalue weighted by Gasteiger charge is 2.29. The van der Waals surface area contributed by atoms with Crippen molar-refractivity contribution in [1.82, 2.24) is 4.90 Å². The third-order valence-corrected chi connectivity index (χ3v) is 3.77. The topological polar surface area (TPSA) is 72.4 Å². The molecule has 0 aromatic heterocycles. The van der Waals surface area contributed by atoms with Gasteiger partial charge < -0.3 is 5.73 Å². The van der Waals surface area contributed by atoms with Crippen molar-refractivity contribution in [1.29, 1.82) is 0 Å². The van der Waals surface area contributed by atoms with Gasteiger partial charge in [-0.1, -0.05) is 13.8 Å². The summed E-state index contributed by atoms with van der Waals surface area (Å²) in [5.41, 5.74) is 7.60. The molecule has 0 atom stereocenters. The average molecular weight is 277 g/mol. The Labute approximate surface area is 119 Å². The Balaban J connectivity index is 2.09. The SMILES string of the molecule is CC(C)CCN(Cc1cc([N+](=O)[O-])ccc1N)C1CC1. The van der Waals surface area contributed by atoms with E-state index in [9.17, 15) is 10.1 Å². The summed E-state index contributed by atoms with van der Waals surface area (Å²) < 4.78 is 0. The van der Waals surface area contributed by atoms with E-state index in [4.69, 9.17) is 5.73 Å². The fourth-order valence-corrected chi connectivity index (χ4v) is 2.32. The van der Waals surface area contributed by atoms with Crippen LogP contribution in [0, 0.1) is 16.0 Å². The molecule has 2 N–H and O–H groups in total. The molecule has 1 aliphatic carbocycles. The lowest BCUT2D eigenvalue weighted by Gasteiger charge is -2.23. The molecule has 110 valence electrons. The quantitative estimate of drug-likeness (QED) is 0.472. The van der Waals surface area contributed by atoms with Gasteiger partial charge in [-0.3, -0.25) is 15.0 Å².